The summed E-state index contributed by atoms with van der Waals surface area (Å²) < 4.78 is 6.30. The van der Waals surface area contributed by atoms with E-state index in [0.717, 1.165) is 12.8 Å². The van der Waals surface area contributed by atoms with E-state index in [-0.39, 0.29) is 29.6 Å². The van der Waals surface area contributed by atoms with E-state index in [1.165, 1.54) is 11.1 Å². The molecule has 1 aliphatic rings. The molecule has 1 saturated heterocycles. The lowest BCUT2D eigenvalue weighted by Crippen LogP contribution is -2.52. The number of amides is 1. The largest absolute Gasteiger partial charge is 0.370 e. The first kappa shape index (κ1) is 18.0. The summed E-state index contributed by atoms with van der Waals surface area (Å²) in [7, 11) is 0. The molecule has 1 heterocycles. The van der Waals surface area contributed by atoms with Gasteiger partial charge in [-0.3, -0.25) is 4.79 Å². The Labute approximate surface area is 140 Å². The van der Waals surface area contributed by atoms with Crippen molar-refractivity contribution in [2.75, 3.05) is 0 Å². The lowest BCUT2D eigenvalue weighted by atomic mass is 9.75. The third-order valence-corrected chi connectivity index (χ3v) is 4.99. The zero-order valence-electron chi connectivity index (χ0n) is 15.3. The molecule has 1 aliphatic heterocycles. The van der Waals surface area contributed by atoms with Gasteiger partial charge in [0, 0.05) is 18.4 Å². The Hall–Kier alpha value is -1.35. The second-order valence-electron chi connectivity index (χ2n) is 7.78. The highest BCUT2D eigenvalue weighted by Gasteiger charge is 2.41. The van der Waals surface area contributed by atoms with Gasteiger partial charge >= 0.3 is 0 Å². The Kier molecular flexibility index (Phi) is 5.51. The molecule has 1 unspecified atom stereocenters. The van der Waals surface area contributed by atoms with Gasteiger partial charge in [0.15, 0.2) is 0 Å². The second kappa shape index (κ2) is 7.04. The van der Waals surface area contributed by atoms with Gasteiger partial charge in [0.1, 0.15) is 0 Å². The highest BCUT2D eigenvalue weighted by Crippen LogP contribution is 2.42. The number of nitrogens with one attached hydrogen (secondary N) is 1. The van der Waals surface area contributed by atoms with Crippen molar-refractivity contribution in [3.63, 3.8) is 0 Å². The van der Waals surface area contributed by atoms with E-state index in [9.17, 15) is 4.79 Å². The number of hydrogen-bond donors (Lipinski definition) is 1. The molecule has 1 aromatic rings. The van der Waals surface area contributed by atoms with Crippen LogP contribution in [0.15, 0.2) is 24.3 Å². The fourth-order valence-corrected chi connectivity index (χ4v) is 3.65. The van der Waals surface area contributed by atoms with Crippen LogP contribution in [-0.2, 0) is 9.53 Å². The molecule has 1 N–H and O–H groups in total. The molecule has 0 aromatic heterocycles. The highest BCUT2D eigenvalue weighted by atomic mass is 16.5. The summed E-state index contributed by atoms with van der Waals surface area (Å²) in [6.07, 6.45) is 2.38. The number of ether oxygens (including phenoxy) is 1. The molecular weight excluding hydrogens is 286 g/mol. The number of carbonyl (C=O) groups is 1. The van der Waals surface area contributed by atoms with Crippen LogP contribution in [0.4, 0.5) is 0 Å². The predicted molar refractivity (Wildman–Crippen MR) is 94.4 cm³/mol. The zero-order valence-corrected chi connectivity index (χ0v) is 15.3. The minimum absolute atomic E-state index is 0.0162. The van der Waals surface area contributed by atoms with Crippen LogP contribution in [-0.4, -0.2) is 17.6 Å². The molecule has 1 aromatic carbocycles. The van der Waals surface area contributed by atoms with Crippen molar-refractivity contribution in [3.8, 4) is 0 Å². The Morgan fingerprint density at radius 1 is 1.22 bits per heavy atom. The molecule has 0 spiro atoms. The van der Waals surface area contributed by atoms with Crippen molar-refractivity contribution in [2.45, 2.75) is 78.0 Å². The van der Waals surface area contributed by atoms with Gasteiger partial charge in [-0.2, -0.15) is 0 Å². The number of carbonyl (C=O) groups excluding carboxylic acids is 1. The summed E-state index contributed by atoms with van der Waals surface area (Å²) >= 11 is 0. The van der Waals surface area contributed by atoms with E-state index < -0.39 is 0 Å². The molecule has 0 radical (unpaired) electrons. The van der Waals surface area contributed by atoms with Gasteiger partial charge in [0.2, 0.25) is 5.91 Å². The van der Waals surface area contributed by atoms with Crippen LogP contribution < -0.4 is 5.32 Å². The summed E-state index contributed by atoms with van der Waals surface area (Å²) in [5.74, 6) is 0.817. The second-order valence-corrected chi connectivity index (χ2v) is 7.78. The molecule has 23 heavy (non-hydrogen) atoms. The van der Waals surface area contributed by atoms with E-state index in [4.69, 9.17) is 4.74 Å². The average Bonchev–Trinajstić information content (AvgIpc) is 2.45. The quantitative estimate of drug-likeness (QED) is 0.882. The van der Waals surface area contributed by atoms with Gasteiger partial charge in [-0.15, -0.1) is 0 Å². The van der Waals surface area contributed by atoms with Crippen molar-refractivity contribution in [1.29, 1.82) is 0 Å². The van der Waals surface area contributed by atoms with Crippen LogP contribution in [0.3, 0.4) is 0 Å². The minimum atomic E-state index is -0.284. The minimum Gasteiger partial charge on any atom is -0.370 e. The third-order valence-electron chi connectivity index (χ3n) is 4.99. The Morgan fingerprint density at radius 2 is 1.83 bits per heavy atom. The summed E-state index contributed by atoms with van der Waals surface area (Å²) in [6.45, 7) is 12.3. The fourth-order valence-electron chi connectivity index (χ4n) is 3.65. The van der Waals surface area contributed by atoms with Gasteiger partial charge in [0.25, 0.3) is 0 Å². The maximum atomic E-state index is 11.6. The van der Waals surface area contributed by atoms with Gasteiger partial charge in [-0.25, -0.2) is 0 Å². The van der Waals surface area contributed by atoms with Crippen molar-refractivity contribution in [2.24, 2.45) is 5.92 Å². The zero-order chi connectivity index (χ0) is 17.2. The molecule has 3 atom stereocenters. The van der Waals surface area contributed by atoms with Gasteiger partial charge in [-0.1, -0.05) is 38.1 Å². The molecule has 0 aliphatic carbocycles. The molecule has 3 heteroatoms. The number of rotatable bonds is 4. The highest BCUT2D eigenvalue weighted by molar-refractivity contribution is 5.73. The third kappa shape index (κ3) is 4.35. The van der Waals surface area contributed by atoms with Crippen molar-refractivity contribution in [3.05, 3.63) is 35.4 Å². The Bertz CT molecular complexity index is 533. The van der Waals surface area contributed by atoms with E-state index in [1.54, 1.807) is 6.92 Å². The van der Waals surface area contributed by atoms with Crippen LogP contribution in [0.5, 0.6) is 0 Å². The monoisotopic (exact) mass is 317 g/mol. The first-order valence-electron chi connectivity index (χ1n) is 8.74. The Balaban J connectivity index is 2.28. The first-order chi connectivity index (χ1) is 10.7. The summed E-state index contributed by atoms with van der Waals surface area (Å²) in [6, 6.07) is 8.78. The summed E-state index contributed by atoms with van der Waals surface area (Å²) in [4.78, 5) is 11.6. The number of hydrogen-bond acceptors (Lipinski definition) is 2. The molecular formula is C20H31NO2. The maximum Gasteiger partial charge on any atom is 0.217 e. The molecule has 128 valence electrons. The SMILES string of the molecule is CC(=O)NC(C)(C)[C@@H]1CC[C@@H](C)OC1c1ccc(C(C)C)cc1. The topological polar surface area (TPSA) is 38.3 Å². The van der Waals surface area contributed by atoms with E-state index in [1.807, 2.05) is 0 Å². The van der Waals surface area contributed by atoms with E-state index in [0.29, 0.717) is 5.92 Å². The fraction of sp³-hybridized carbons (Fsp3) is 0.650. The first-order valence-corrected chi connectivity index (χ1v) is 8.74. The van der Waals surface area contributed by atoms with Gasteiger partial charge in [-0.05, 0) is 50.7 Å². The van der Waals surface area contributed by atoms with Crippen molar-refractivity contribution >= 4 is 5.91 Å². The smallest absolute Gasteiger partial charge is 0.217 e. The van der Waals surface area contributed by atoms with Crippen molar-refractivity contribution in [1.82, 2.24) is 5.32 Å². The van der Waals surface area contributed by atoms with Crippen LogP contribution >= 0.6 is 0 Å². The van der Waals surface area contributed by atoms with Gasteiger partial charge < -0.3 is 10.1 Å². The predicted octanol–water partition coefficient (Wildman–Crippen LogP) is 4.58. The molecule has 1 fully saturated rings. The molecule has 1 amide bonds. The molecule has 2 rings (SSSR count). The van der Waals surface area contributed by atoms with E-state index >= 15 is 0 Å². The lowest BCUT2D eigenvalue weighted by molar-refractivity contribution is -0.126. The lowest BCUT2D eigenvalue weighted by Gasteiger charge is -2.44. The molecule has 0 bridgehead atoms. The van der Waals surface area contributed by atoms with Crippen molar-refractivity contribution < 1.29 is 9.53 Å². The standard InChI is InChI=1S/C20H31NO2/c1-13(2)16-8-10-17(11-9-16)19-18(12-7-14(3)23-19)20(5,6)21-15(4)22/h8-11,13-14,18-19H,7,12H2,1-6H3,(H,21,22)/t14-,18-,19?/m1/s1. The number of benzene rings is 1. The summed E-state index contributed by atoms with van der Waals surface area (Å²) in [5, 5.41) is 3.11. The van der Waals surface area contributed by atoms with Gasteiger partial charge in [0.05, 0.1) is 12.2 Å². The summed E-state index contributed by atoms with van der Waals surface area (Å²) in [5.41, 5.74) is 2.27. The average molecular weight is 317 g/mol. The maximum absolute atomic E-state index is 11.6. The van der Waals surface area contributed by atoms with E-state index in [2.05, 4.69) is 64.2 Å². The van der Waals surface area contributed by atoms with Crippen LogP contribution in [0.25, 0.3) is 0 Å². The Morgan fingerprint density at radius 3 is 2.35 bits per heavy atom. The van der Waals surface area contributed by atoms with Crippen LogP contribution in [0.1, 0.15) is 77.5 Å². The van der Waals surface area contributed by atoms with Crippen LogP contribution in [0, 0.1) is 5.92 Å². The molecule has 3 nitrogen and oxygen atoms in total. The normalized spacial score (nSPS) is 25.4. The van der Waals surface area contributed by atoms with Crippen LogP contribution in [0.2, 0.25) is 0 Å². The molecule has 0 saturated carbocycles.